The molecule has 1 aliphatic rings. The van der Waals surface area contributed by atoms with Crippen molar-refractivity contribution in [1.82, 2.24) is 0 Å². The monoisotopic (exact) mass is 252 g/mol. The zero-order chi connectivity index (χ0) is 12.5. The van der Waals surface area contributed by atoms with Gasteiger partial charge >= 0.3 is 0 Å². The van der Waals surface area contributed by atoms with Crippen molar-refractivity contribution >= 4 is 23.0 Å². The second-order valence-corrected chi connectivity index (χ2v) is 5.70. The first-order valence-electron chi connectivity index (χ1n) is 6.36. The van der Waals surface area contributed by atoms with E-state index in [1.165, 1.54) is 31.2 Å². The molecule has 0 aromatic heterocycles. The van der Waals surface area contributed by atoms with E-state index in [0.717, 1.165) is 12.2 Å². The van der Waals surface area contributed by atoms with Gasteiger partial charge in [0, 0.05) is 12.2 Å². The summed E-state index contributed by atoms with van der Waals surface area (Å²) in [5, 5.41) is 4.17. The van der Waals surface area contributed by atoms with E-state index in [2.05, 4.69) is 19.2 Å². The van der Waals surface area contributed by atoms with Crippen molar-refractivity contribution in [3.8, 4) is 0 Å². The lowest BCUT2D eigenvalue weighted by atomic mass is 10.0. The van der Waals surface area contributed by atoms with E-state index in [-0.39, 0.29) is 0 Å². The Labute approximate surface area is 109 Å². The zero-order valence-electron chi connectivity index (χ0n) is 10.6. The molecule has 1 fully saturated rings. The topological polar surface area (TPSA) is 38.0 Å². The van der Waals surface area contributed by atoms with Crippen molar-refractivity contribution in [2.24, 2.45) is 5.41 Å². The lowest BCUT2D eigenvalue weighted by molar-refractivity contribution is 0.485. The third-order valence-corrected chi connectivity index (χ3v) is 4.06. The molecular weight excluding hydrogens is 232 g/mol. The highest BCUT2D eigenvalue weighted by Crippen LogP contribution is 2.49. The first-order chi connectivity index (χ1) is 8.06. The van der Waals surface area contributed by atoms with Gasteiger partial charge in [0.25, 0.3) is 0 Å². The molecule has 0 unspecified atom stereocenters. The molecule has 0 amide bonds. The second kappa shape index (κ2) is 4.77. The molecule has 0 radical (unpaired) electrons. The molecule has 3 N–H and O–H groups in total. The number of halogens is 1. The van der Waals surface area contributed by atoms with Gasteiger partial charge < -0.3 is 11.1 Å². The molecule has 0 saturated heterocycles. The van der Waals surface area contributed by atoms with Gasteiger partial charge in [-0.05, 0) is 49.3 Å². The van der Waals surface area contributed by atoms with Gasteiger partial charge in [-0.15, -0.1) is 0 Å². The first-order valence-corrected chi connectivity index (χ1v) is 6.74. The van der Waals surface area contributed by atoms with Crippen molar-refractivity contribution in [1.29, 1.82) is 0 Å². The molecule has 0 atom stereocenters. The number of benzene rings is 1. The number of rotatable bonds is 5. The molecule has 3 heteroatoms. The van der Waals surface area contributed by atoms with E-state index in [0.29, 0.717) is 16.1 Å². The van der Waals surface area contributed by atoms with Crippen LogP contribution in [0.5, 0.6) is 0 Å². The van der Waals surface area contributed by atoms with E-state index in [1.807, 2.05) is 12.1 Å². The Morgan fingerprint density at radius 3 is 2.71 bits per heavy atom. The van der Waals surface area contributed by atoms with Gasteiger partial charge in [-0.1, -0.05) is 24.9 Å². The Morgan fingerprint density at radius 1 is 1.41 bits per heavy atom. The van der Waals surface area contributed by atoms with Gasteiger partial charge in [-0.3, -0.25) is 0 Å². The maximum Gasteiger partial charge on any atom is 0.0656 e. The molecular formula is C14H21ClN2. The minimum Gasteiger partial charge on any atom is -0.398 e. The van der Waals surface area contributed by atoms with Gasteiger partial charge in [-0.25, -0.2) is 0 Å². The van der Waals surface area contributed by atoms with Crippen molar-refractivity contribution in [2.75, 3.05) is 17.6 Å². The highest BCUT2D eigenvalue weighted by molar-refractivity contribution is 6.33. The first kappa shape index (κ1) is 12.6. The number of hydrogen-bond acceptors (Lipinski definition) is 2. The van der Waals surface area contributed by atoms with E-state index in [9.17, 15) is 0 Å². The lowest BCUT2D eigenvalue weighted by Crippen LogP contribution is -2.15. The van der Waals surface area contributed by atoms with Crippen LogP contribution in [-0.4, -0.2) is 6.54 Å². The van der Waals surface area contributed by atoms with Crippen LogP contribution in [0.3, 0.4) is 0 Å². The molecule has 2 nitrogen and oxygen atoms in total. The molecule has 1 aromatic carbocycles. The fourth-order valence-corrected chi connectivity index (χ4v) is 2.56. The van der Waals surface area contributed by atoms with E-state index in [1.54, 1.807) is 0 Å². The highest BCUT2D eigenvalue weighted by atomic mass is 35.5. The summed E-state index contributed by atoms with van der Waals surface area (Å²) in [5.74, 6) is 0. The van der Waals surface area contributed by atoms with Crippen LogP contribution >= 0.6 is 11.6 Å². The molecule has 94 valence electrons. The average molecular weight is 253 g/mol. The average Bonchev–Trinajstić information content (AvgIpc) is 3.03. The number of nitrogens with two attached hydrogens (primary N) is 1. The van der Waals surface area contributed by atoms with Crippen molar-refractivity contribution < 1.29 is 0 Å². The Hall–Kier alpha value is -0.890. The second-order valence-electron chi connectivity index (χ2n) is 5.29. The van der Waals surface area contributed by atoms with Crippen LogP contribution in [0.4, 0.5) is 11.4 Å². The van der Waals surface area contributed by atoms with Crippen LogP contribution in [0.15, 0.2) is 12.1 Å². The number of hydrogen-bond donors (Lipinski definition) is 2. The summed E-state index contributed by atoms with van der Waals surface area (Å²) in [5.41, 5.74) is 9.26. The fraction of sp³-hybridized carbons (Fsp3) is 0.571. The van der Waals surface area contributed by atoms with Crippen molar-refractivity contribution in [3.63, 3.8) is 0 Å². The number of anilines is 2. The summed E-state index contributed by atoms with van der Waals surface area (Å²) in [4.78, 5) is 0. The van der Waals surface area contributed by atoms with Crippen LogP contribution in [0, 0.1) is 12.3 Å². The predicted molar refractivity (Wildman–Crippen MR) is 75.7 cm³/mol. The maximum atomic E-state index is 6.05. The maximum absolute atomic E-state index is 6.05. The van der Waals surface area contributed by atoms with E-state index >= 15 is 0 Å². The third-order valence-electron chi connectivity index (χ3n) is 3.73. The molecule has 0 bridgehead atoms. The molecule has 17 heavy (non-hydrogen) atoms. The number of nitrogen functional groups attached to an aromatic ring is 1. The lowest BCUT2D eigenvalue weighted by Gasteiger charge is -2.17. The highest BCUT2D eigenvalue weighted by Gasteiger charge is 2.41. The summed E-state index contributed by atoms with van der Waals surface area (Å²) >= 11 is 6.05. The summed E-state index contributed by atoms with van der Waals surface area (Å²) < 4.78 is 0. The Bertz CT molecular complexity index is 411. The van der Waals surface area contributed by atoms with Crippen LogP contribution in [0.1, 0.15) is 38.2 Å². The summed E-state index contributed by atoms with van der Waals surface area (Å²) in [6, 6.07) is 3.87. The van der Waals surface area contributed by atoms with Gasteiger partial charge in [0.2, 0.25) is 0 Å². The standard InChI is InChI=1S/C14H21ClN2/c1-3-4-14(5-6-14)9-17-13-8-11(15)12(16)7-10(13)2/h7-8,17H,3-6,9,16H2,1-2H3. The van der Waals surface area contributed by atoms with E-state index in [4.69, 9.17) is 17.3 Å². The molecule has 1 aliphatic carbocycles. The Morgan fingerprint density at radius 2 is 2.12 bits per heavy atom. The minimum absolute atomic E-state index is 0.551. The largest absolute Gasteiger partial charge is 0.398 e. The molecule has 0 aliphatic heterocycles. The van der Waals surface area contributed by atoms with Crippen LogP contribution in [0.2, 0.25) is 5.02 Å². The van der Waals surface area contributed by atoms with Gasteiger partial charge in [-0.2, -0.15) is 0 Å². The van der Waals surface area contributed by atoms with Crippen LogP contribution in [0.25, 0.3) is 0 Å². The third kappa shape index (κ3) is 2.86. The number of aryl methyl sites for hydroxylation is 1. The van der Waals surface area contributed by atoms with Gasteiger partial charge in [0.05, 0.1) is 10.7 Å². The normalized spacial score (nSPS) is 16.9. The Balaban J connectivity index is 2.02. The van der Waals surface area contributed by atoms with Crippen LogP contribution in [-0.2, 0) is 0 Å². The minimum atomic E-state index is 0.551. The SMILES string of the molecule is CCCC1(CNc2cc(Cl)c(N)cc2C)CC1. The fourth-order valence-electron chi connectivity index (χ4n) is 2.40. The molecule has 2 rings (SSSR count). The van der Waals surface area contributed by atoms with Crippen molar-refractivity contribution in [2.45, 2.75) is 39.5 Å². The Kier molecular flexibility index (Phi) is 3.53. The molecule has 1 saturated carbocycles. The van der Waals surface area contributed by atoms with Crippen LogP contribution < -0.4 is 11.1 Å². The summed E-state index contributed by atoms with van der Waals surface area (Å²) in [7, 11) is 0. The molecule has 0 heterocycles. The molecule has 1 aromatic rings. The summed E-state index contributed by atoms with van der Waals surface area (Å²) in [6.07, 6.45) is 5.30. The van der Waals surface area contributed by atoms with Gasteiger partial charge in [0.15, 0.2) is 0 Å². The quantitative estimate of drug-likeness (QED) is 0.770. The smallest absolute Gasteiger partial charge is 0.0656 e. The van der Waals surface area contributed by atoms with E-state index < -0.39 is 0 Å². The zero-order valence-corrected chi connectivity index (χ0v) is 11.4. The summed E-state index contributed by atoms with van der Waals surface area (Å²) in [6.45, 7) is 5.38. The number of nitrogens with one attached hydrogen (secondary N) is 1. The predicted octanol–water partition coefficient (Wildman–Crippen LogP) is 4.22. The van der Waals surface area contributed by atoms with Gasteiger partial charge in [0.1, 0.15) is 0 Å². The molecule has 0 spiro atoms. The van der Waals surface area contributed by atoms with Crippen molar-refractivity contribution in [3.05, 3.63) is 22.7 Å².